The average molecular weight is 406 g/mol. The van der Waals surface area contributed by atoms with E-state index in [9.17, 15) is 0 Å². The molecule has 0 aliphatic carbocycles. The van der Waals surface area contributed by atoms with Crippen LogP contribution in [0.3, 0.4) is 0 Å². The van der Waals surface area contributed by atoms with Gasteiger partial charge < -0.3 is 9.47 Å². The van der Waals surface area contributed by atoms with Gasteiger partial charge in [-0.2, -0.15) is 0 Å². The van der Waals surface area contributed by atoms with Crippen LogP contribution in [0.2, 0.25) is 0 Å². The van der Waals surface area contributed by atoms with Crippen molar-refractivity contribution in [2.45, 2.75) is 50.0 Å². The number of hydrogen-bond donors (Lipinski definition) is 0. The van der Waals surface area contributed by atoms with E-state index in [0.29, 0.717) is 17.5 Å². The average Bonchev–Trinajstić information content (AvgIpc) is 2.48. The van der Waals surface area contributed by atoms with Crippen LogP contribution < -0.4 is 4.74 Å². The lowest BCUT2D eigenvalue weighted by molar-refractivity contribution is 0.0101. The van der Waals surface area contributed by atoms with Crippen LogP contribution in [-0.4, -0.2) is 19.3 Å². The van der Waals surface area contributed by atoms with Gasteiger partial charge in [-0.15, -0.1) is 0 Å². The Bertz CT molecular complexity index is 417. The second-order valence-corrected chi connectivity index (χ2v) is 7.17. The molecule has 112 valence electrons. The Morgan fingerprint density at radius 2 is 2.25 bits per heavy atom. The maximum Gasteiger partial charge on any atom is 0.123 e. The highest BCUT2D eigenvalue weighted by molar-refractivity contribution is 9.10. The van der Waals surface area contributed by atoms with Gasteiger partial charge in [0.2, 0.25) is 0 Å². The smallest absolute Gasteiger partial charge is 0.123 e. The first-order chi connectivity index (χ1) is 9.70. The van der Waals surface area contributed by atoms with E-state index in [0.717, 1.165) is 29.7 Å². The van der Waals surface area contributed by atoms with Crippen molar-refractivity contribution < 1.29 is 9.47 Å². The number of alkyl halides is 1. The van der Waals surface area contributed by atoms with E-state index in [1.54, 1.807) is 0 Å². The largest absolute Gasteiger partial charge is 0.494 e. The first-order valence-electron chi connectivity index (χ1n) is 7.38. The molecule has 1 fully saturated rings. The Labute approximate surface area is 138 Å². The zero-order valence-corrected chi connectivity index (χ0v) is 15.1. The molecule has 1 heterocycles. The second kappa shape index (κ2) is 8.40. The van der Waals surface area contributed by atoms with Gasteiger partial charge in [0.05, 0.1) is 12.7 Å². The van der Waals surface area contributed by atoms with Crippen LogP contribution in [0.15, 0.2) is 22.7 Å². The summed E-state index contributed by atoms with van der Waals surface area (Å²) in [6, 6.07) is 6.21. The minimum atomic E-state index is 0.312. The van der Waals surface area contributed by atoms with E-state index >= 15 is 0 Å². The highest BCUT2D eigenvalue weighted by atomic mass is 79.9. The topological polar surface area (TPSA) is 18.5 Å². The minimum absolute atomic E-state index is 0.312. The maximum atomic E-state index is 5.80. The number of rotatable bonds is 6. The van der Waals surface area contributed by atoms with Crippen molar-refractivity contribution in [3.8, 4) is 5.75 Å². The standard InChI is InChI=1S/C16H22Br2O2/c1-2-19-16-9-6-12(17)11-14(16)15(18)8-7-13-5-3-4-10-20-13/h6,9,11,13,15H,2-5,7-8,10H2,1H3. The lowest BCUT2D eigenvalue weighted by Gasteiger charge is -2.24. The zero-order chi connectivity index (χ0) is 14.4. The van der Waals surface area contributed by atoms with Crippen LogP contribution in [0.5, 0.6) is 5.75 Å². The Morgan fingerprint density at radius 1 is 1.40 bits per heavy atom. The van der Waals surface area contributed by atoms with Gasteiger partial charge in [0.1, 0.15) is 5.75 Å². The van der Waals surface area contributed by atoms with Crippen molar-refractivity contribution in [2.24, 2.45) is 0 Å². The number of hydrogen-bond acceptors (Lipinski definition) is 2. The molecule has 1 saturated heterocycles. The normalized spacial score (nSPS) is 20.6. The van der Waals surface area contributed by atoms with Crippen LogP contribution in [0.4, 0.5) is 0 Å². The molecule has 0 radical (unpaired) electrons. The lowest BCUT2D eigenvalue weighted by Crippen LogP contribution is -2.19. The van der Waals surface area contributed by atoms with Crippen molar-refractivity contribution in [1.29, 1.82) is 0 Å². The molecule has 20 heavy (non-hydrogen) atoms. The summed E-state index contributed by atoms with van der Waals surface area (Å²) < 4.78 is 12.6. The molecule has 2 rings (SSSR count). The van der Waals surface area contributed by atoms with Crippen LogP contribution in [0.25, 0.3) is 0 Å². The fourth-order valence-corrected chi connectivity index (χ4v) is 3.57. The van der Waals surface area contributed by atoms with Gasteiger partial charge in [-0.25, -0.2) is 0 Å². The predicted octanol–water partition coefficient (Wildman–Crippen LogP) is 5.63. The first kappa shape index (κ1) is 16.3. The number of halogens is 2. The third kappa shape index (κ3) is 4.74. The highest BCUT2D eigenvalue weighted by Crippen LogP contribution is 2.37. The lowest BCUT2D eigenvalue weighted by atomic mass is 10.0. The zero-order valence-electron chi connectivity index (χ0n) is 11.9. The van der Waals surface area contributed by atoms with E-state index in [4.69, 9.17) is 9.47 Å². The van der Waals surface area contributed by atoms with Gasteiger partial charge in [0.15, 0.2) is 0 Å². The third-order valence-electron chi connectivity index (χ3n) is 3.63. The van der Waals surface area contributed by atoms with Gasteiger partial charge in [-0.1, -0.05) is 31.9 Å². The molecule has 0 N–H and O–H groups in total. The molecule has 0 aromatic heterocycles. The number of ether oxygens (including phenoxy) is 2. The first-order valence-corrected chi connectivity index (χ1v) is 9.09. The summed E-state index contributed by atoms with van der Waals surface area (Å²) in [6.45, 7) is 3.64. The Kier molecular flexibility index (Phi) is 6.85. The Hall–Kier alpha value is -0.0600. The molecule has 1 aromatic rings. The van der Waals surface area contributed by atoms with Crippen LogP contribution in [0.1, 0.15) is 49.4 Å². The molecule has 0 amide bonds. The molecule has 2 nitrogen and oxygen atoms in total. The maximum absolute atomic E-state index is 5.80. The molecular formula is C16H22Br2O2. The van der Waals surface area contributed by atoms with Crippen molar-refractivity contribution >= 4 is 31.9 Å². The summed E-state index contributed by atoms with van der Waals surface area (Å²) in [4.78, 5) is 0.312. The van der Waals surface area contributed by atoms with Crippen molar-refractivity contribution in [3.05, 3.63) is 28.2 Å². The quantitative estimate of drug-likeness (QED) is 0.570. The fourth-order valence-electron chi connectivity index (χ4n) is 2.57. The van der Waals surface area contributed by atoms with Gasteiger partial charge in [-0.3, -0.25) is 0 Å². The minimum Gasteiger partial charge on any atom is -0.494 e. The highest BCUT2D eigenvalue weighted by Gasteiger charge is 2.18. The van der Waals surface area contributed by atoms with Gasteiger partial charge >= 0.3 is 0 Å². The molecule has 2 unspecified atom stereocenters. The summed E-state index contributed by atoms with van der Waals surface area (Å²) in [6.07, 6.45) is 6.34. The van der Waals surface area contributed by atoms with E-state index in [-0.39, 0.29) is 0 Å². The monoisotopic (exact) mass is 404 g/mol. The van der Waals surface area contributed by atoms with E-state index in [1.165, 1.54) is 24.8 Å². The van der Waals surface area contributed by atoms with Crippen LogP contribution in [-0.2, 0) is 4.74 Å². The molecule has 1 aliphatic heterocycles. The van der Waals surface area contributed by atoms with Crippen molar-refractivity contribution in [1.82, 2.24) is 0 Å². The SMILES string of the molecule is CCOc1ccc(Br)cc1C(Br)CCC1CCCCO1. The van der Waals surface area contributed by atoms with E-state index in [1.807, 2.05) is 19.1 Å². The molecule has 4 heteroatoms. The molecule has 1 aromatic carbocycles. The molecule has 1 aliphatic rings. The van der Waals surface area contributed by atoms with Crippen LogP contribution in [0, 0.1) is 0 Å². The summed E-state index contributed by atoms with van der Waals surface area (Å²) in [5.41, 5.74) is 1.22. The third-order valence-corrected chi connectivity index (χ3v) is 5.07. The summed E-state index contributed by atoms with van der Waals surface area (Å²) >= 11 is 7.35. The molecule has 0 saturated carbocycles. The predicted molar refractivity (Wildman–Crippen MR) is 89.8 cm³/mol. The molecule has 2 atom stereocenters. The second-order valence-electron chi connectivity index (χ2n) is 5.15. The fraction of sp³-hybridized carbons (Fsp3) is 0.625. The van der Waals surface area contributed by atoms with Crippen molar-refractivity contribution in [2.75, 3.05) is 13.2 Å². The van der Waals surface area contributed by atoms with Gasteiger partial charge in [-0.05, 0) is 57.2 Å². The van der Waals surface area contributed by atoms with Gasteiger partial charge in [0, 0.05) is 21.5 Å². The summed E-state index contributed by atoms with van der Waals surface area (Å²) in [5.74, 6) is 0.974. The molecular weight excluding hydrogens is 384 g/mol. The van der Waals surface area contributed by atoms with Crippen LogP contribution >= 0.6 is 31.9 Å². The van der Waals surface area contributed by atoms with E-state index in [2.05, 4.69) is 37.9 Å². The Morgan fingerprint density at radius 3 is 2.95 bits per heavy atom. The molecule has 0 bridgehead atoms. The van der Waals surface area contributed by atoms with Gasteiger partial charge in [0.25, 0.3) is 0 Å². The Balaban J connectivity index is 1.96. The van der Waals surface area contributed by atoms with E-state index < -0.39 is 0 Å². The molecule has 0 spiro atoms. The summed E-state index contributed by atoms with van der Waals surface area (Å²) in [7, 11) is 0. The van der Waals surface area contributed by atoms with Crippen molar-refractivity contribution in [3.63, 3.8) is 0 Å². The summed E-state index contributed by atoms with van der Waals surface area (Å²) in [5, 5.41) is 0. The number of benzene rings is 1.